The number of benzene rings is 1. The Labute approximate surface area is 128 Å². The van der Waals surface area contributed by atoms with Gasteiger partial charge in [0.1, 0.15) is 5.75 Å². The summed E-state index contributed by atoms with van der Waals surface area (Å²) in [5.74, 6) is 0.692. The van der Waals surface area contributed by atoms with Crippen molar-refractivity contribution in [2.75, 3.05) is 26.7 Å². The fraction of sp³-hybridized carbons (Fsp3) is 0.600. The molecular formula is C15H26N2O3S. The highest BCUT2D eigenvalue weighted by atomic mass is 32.2. The van der Waals surface area contributed by atoms with Crippen LogP contribution in [-0.2, 0) is 10.0 Å². The van der Waals surface area contributed by atoms with E-state index in [9.17, 15) is 8.42 Å². The van der Waals surface area contributed by atoms with Crippen LogP contribution in [0, 0.1) is 0 Å². The van der Waals surface area contributed by atoms with E-state index in [-0.39, 0.29) is 6.04 Å². The molecule has 0 aliphatic carbocycles. The second kappa shape index (κ2) is 8.36. The summed E-state index contributed by atoms with van der Waals surface area (Å²) in [6.45, 7) is 7.56. The second-order valence-corrected chi connectivity index (χ2v) is 6.97. The first kappa shape index (κ1) is 17.9. The molecule has 6 heteroatoms. The van der Waals surface area contributed by atoms with Crippen LogP contribution in [0.25, 0.3) is 0 Å². The van der Waals surface area contributed by atoms with Gasteiger partial charge in [0.15, 0.2) is 0 Å². The van der Waals surface area contributed by atoms with Gasteiger partial charge in [-0.05, 0) is 58.1 Å². The number of rotatable bonds is 9. The van der Waals surface area contributed by atoms with Crippen molar-refractivity contribution < 1.29 is 13.2 Å². The summed E-state index contributed by atoms with van der Waals surface area (Å²) < 4.78 is 32.0. The van der Waals surface area contributed by atoms with Crippen molar-refractivity contribution in [3.8, 4) is 5.75 Å². The zero-order chi connectivity index (χ0) is 15.9. The van der Waals surface area contributed by atoms with Crippen molar-refractivity contribution in [1.82, 2.24) is 9.62 Å². The minimum Gasteiger partial charge on any atom is -0.494 e. The SMILES string of the molecule is CCN(C(C)C)S(=O)(=O)c1ccc(OCCCNC)cc1. The molecule has 0 aliphatic rings. The number of hydrogen-bond donors (Lipinski definition) is 1. The number of nitrogens with one attached hydrogen (secondary N) is 1. The highest BCUT2D eigenvalue weighted by Gasteiger charge is 2.25. The first-order valence-corrected chi connectivity index (χ1v) is 8.76. The molecule has 1 rings (SSSR count). The van der Waals surface area contributed by atoms with E-state index >= 15 is 0 Å². The molecule has 1 N–H and O–H groups in total. The van der Waals surface area contributed by atoms with Gasteiger partial charge in [-0.1, -0.05) is 6.92 Å². The molecule has 120 valence electrons. The first-order valence-electron chi connectivity index (χ1n) is 7.32. The lowest BCUT2D eigenvalue weighted by atomic mass is 10.3. The van der Waals surface area contributed by atoms with Gasteiger partial charge in [-0.25, -0.2) is 8.42 Å². The number of hydrogen-bond acceptors (Lipinski definition) is 4. The number of nitrogens with zero attached hydrogens (tertiary/aromatic N) is 1. The van der Waals surface area contributed by atoms with Crippen molar-refractivity contribution in [2.24, 2.45) is 0 Å². The van der Waals surface area contributed by atoms with Crippen LogP contribution >= 0.6 is 0 Å². The Balaban J connectivity index is 2.77. The third kappa shape index (κ3) is 4.98. The normalized spacial score (nSPS) is 12.1. The molecule has 5 nitrogen and oxygen atoms in total. The minimum atomic E-state index is -3.43. The molecule has 0 aromatic heterocycles. The van der Waals surface area contributed by atoms with Crippen LogP contribution in [0.2, 0.25) is 0 Å². The van der Waals surface area contributed by atoms with Crippen LogP contribution in [0.15, 0.2) is 29.2 Å². The van der Waals surface area contributed by atoms with E-state index in [0.717, 1.165) is 13.0 Å². The molecule has 0 radical (unpaired) electrons. The van der Waals surface area contributed by atoms with Gasteiger partial charge in [0.25, 0.3) is 0 Å². The fourth-order valence-electron chi connectivity index (χ4n) is 2.09. The molecule has 0 saturated carbocycles. The van der Waals surface area contributed by atoms with Gasteiger partial charge < -0.3 is 10.1 Å². The van der Waals surface area contributed by atoms with Crippen LogP contribution in [0.5, 0.6) is 5.75 Å². The predicted molar refractivity (Wildman–Crippen MR) is 85.2 cm³/mol. The minimum absolute atomic E-state index is 0.0579. The maximum Gasteiger partial charge on any atom is 0.243 e. The highest BCUT2D eigenvalue weighted by molar-refractivity contribution is 7.89. The van der Waals surface area contributed by atoms with E-state index in [0.29, 0.717) is 23.8 Å². The lowest BCUT2D eigenvalue weighted by Gasteiger charge is -2.24. The summed E-state index contributed by atoms with van der Waals surface area (Å²) in [7, 11) is -1.53. The van der Waals surface area contributed by atoms with Gasteiger partial charge >= 0.3 is 0 Å². The zero-order valence-electron chi connectivity index (χ0n) is 13.3. The first-order chi connectivity index (χ1) is 9.93. The molecular weight excluding hydrogens is 288 g/mol. The van der Waals surface area contributed by atoms with E-state index in [1.165, 1.54) is 4.31 Å². The lowest BCUT2D eigenvalue weighted by molar-refractivity contribution is 0.309. The largest absolute Gasteiger partial charge is 0.494 e. The standard InChI is InChI=1S/C15H26N2O3S/c1-5-17(13(2)3)21(18,19)15-9-7-14(8-10-15)20-12-6-11-16-4/h7-10,13,16H,5-6,11-12H2,1-4H3. The topological polar surface area (TPSA) is 58.6 Å². The van der Waals surface area contributed by atoms with Crippen LogP contribution < -0.4 is 10.1 Å². The van der Waals surface area contributed by atoms with E-state index in [1.807, 2.05) is 27.8 Å². The predicted octanol–water partition coefficient (Wildman–Crippen LogP) is 2.09. The summed E-state index contributed by atoms with van der Waals surface area (Å²) in [5.41, 5.74) is 0. The maximum atomic E-state index is 12.5. The molecule has 0 saturated heterocycles. The summed E-state index contributed by atoms with van der Waals surface area (Å²) in [4.78, 5) is 0.306. The number of sulfonamides is 1. The Bertz CT molecular complexity index is 512. The van der Waals surface area contributed by atoms with Gasteiger partial charge in [-0.3, -0.25) is 0 Å². The molecule has 0 fully saturated rings. The second-order valence-electron chi connectivity index (χ2n) is 5.08. The van der Waals surface area contributed by atoms with Crippen LogP contribution in [0.4, 0.5) is 0 Å². The van der Waals surface area contributed by atoms with Crippen LogP contribution in [0.3, 0.4) is 0 Å². The molecule has 21 heavy (non-hydrogen) atoms. The maximum absolute atomic E-state index is 12.5. The lowest BCUT2D eigenvalue weighted by Crippen LogP contribution is -2.36. The summed E-state index contributed by atoms with van der Waals surface area (Å²) in [6.07, 6.45) is 0.910. The van der Waals surface area contributed by atoms with Crippen molar-refractivity contribution in [3.63, 3.8) is 0 Å². The van der Waals surface area contributed by atoms with Gasteiger partial charge in [0.2, 0.25) is 10.0 Å². The van der Waals surface area contributed by atoms with E-state index in [1.54, 1.807) is 24.3 Å². The average Bonchev–Trinajstić information content (AvgIpc) is 2.44. The average molecular weight is 314 g/mol. The summed E-state index contributed by atoms with van der Waals surface area (Å²) in [6, 6.07) is 6.57. The fourth-order valence-corrected chi connectivity index (χ4v) is 3.74. The van der Waals surface area contributed by atoms with Crippen molar-refractivity contribution in [1.29, 1.82) is 0 Å². The molecule has 0 unspecified atom stereocenters. The molecule has 0 aliphatic heterocycles. The Morgan fingerprint density at radius 3 is 2.33 bits per heavy atom. The Kier molecular flexibility index (Phi) is 7.14. The van der Waals surface area contributed by atoms with E-state index < -0.39 is 10.0 Å². The Hall–Kier alpha value is -1.11. The smallest absolute Gasteiger partial charge is 0.243 e. The molecule has 0 heterocycles. The molecule has 0 amide bonds. The molecule has 0 spiro atoms. The molecule has 0 bridgehead atoms. The molecule has 1 aromatic carbocycles. The quantitative estimate of drug-likeness (QED) is 0.709. The van der Waals surface area contributed by atoms with E-state index in [2.05, 4.69) is 5.32 Å². The highest BCUT2D eigenvalue weighted by Crippen LogP contribution is 2.21. The van der Waals surface area contributed by atoms with E-state index in [4.69, 9.17) is 4.74 Å². The van der Waals surface area contributed by atoms with Crippen LogP contribution in [-0.4, -0.2) is 45.5 Å². The molecule has 0 atom stereocenters. The van der Waals surface area contributed by atoms with Gasteiger partial charge in [0, 0.05) is 12.6 Å². The third-order valence-corrected chi connectivity index (χ3v) is 5.32. The summed E-state index contributed by atoms with van der Waals surface area (Å²) in [5, 5.41) is 3.05. The zero-order valence-corrected chi connectivity index (χ0v) is 14.1. The van der Waals surface area contributed by atoms with Crippen LogP contribution in [0.1, 0.15) is 27.2 Å². The third-order valence-electron chi connectivity index (χ3n) is 3.16. The Morgan fingerprint density at radius 2 is 1.86 bits per heavy atom. The number of ether oxygens (including phenoxy) is 1. The van der Waals surface area contributed by atoms with Crippen molar-refractivity contribution in [2.45, 2.75) is 38.1 Å². The monoisotopic (exact) mass is 314 g/mol. The molecule has 1 aromatic rings. The van der Waals surface area contributed by atoms with Crippen molar-refractivity contribution in [3.05, 3.63) is 24.3 Å². The Morgan fingerprint density at radius 1 is 1.24 bits per heavy atom. The summed E-state index contributed by atoms with van der Waals surface area (Å²) >= 11 is 0. The van der Waals surface area contributed by atoms with Gasteiger partial charge in [-0.15, -0.1) is 0 Å². The van der Waals surface area contributed by atoms with Gasteiger partial charge in [0.05, 0.1) is 11.5 Å². The van der Waals surface area contributed by atoms with Crippen molar-refractivity contribution >= 4 is 10.0 Å². The van der Waals surface area contributed by atoms with Gasteiger partial charge in [-0.2, -0.15) is 4.31 Å².